The number of fused-ring (bicyclic) bond motifs is 1. The van der Waals surface area contributed by atoms with Gasteiger partial charge in [-0.1, -0.05) is 6.92 Å². The molecule has 0 spiro atoms. The summed E-state index contributed by atoms with van der Waals surface area (Å²) in [4.78, 5) is 14.5. The normalized spacial score (nSPS) is 15.4. The summed E-state index contributed by atoms with van der Waals surface area (Å²) < 4.78 is 4.41. The molecule has 2 rings (SSSR count). The Balaban J connectivity index is 2.27. The van der Waals surface area contributed by atoms with E-state index in [1.165, 1.54) is 16.1 Å². The summed E-state index contributed by atoms with van der Waals surface area (Å²) in [6, 6.07) is 0. The van der Waals surface area contributed by atoms with E-state index in [2.05, 4.69) is 11.3 Å². The fourth-order valence-electron chi connectivity index (χ4n) is 1.81. The zero-order valence-electron chi connectivity index (χ0n) is 8.54. The Kier molecular flexibility index (Phi) is 2.54. The second kappa shape index (κ2) is 3.69. The minimum Gasteiger partial charge on any atom is -0.338 e. The van der Waals surface area contributed by atoms with Gasteiger partial charge in [0.25, 0.3) is 0 Å². The van der Waals surface area contributed by atoms with Crippen molar-refractivity contribution in [3.63, 3.8) is 0 Å². The molecular weight excluding hydrogens is 196 g/mol. The van der Waals surface area contributed by atoms with E-state index in [1.54, 1.807) is 18.5 Å². The van der Waals surface area contributed by atoms with E-state index in [-0.39, 0.29) is 5.91 Å². The molecule has 4 heteroatoms. The van der Waals surface area contributed by atoms with Gasteiger partial charge < -0.3 is 4.90 Å². The topological polar surface area (TPSA) is 33.2 Å². The highest BCUT2D eigenvalue weighted by Crippen LogP contribution is 2.26. The van der Waals surface area contributed by atoms with Crippen LogP contribution in [0.3, 0.4) is 0 Å². The summed E-state index contributed by atoms with van der Waals surface area (Å²) in [6.45, 7) is 5.37. The van der Waals surface area contributed by atoms with Crippen LogP contribution in [0.5, 0.6) is 0 Å². The molecule has 0 saturated carbocycles. The molecule has 2 heterocycles. The van der Waals surface area contributed by atoms with Gasteiger partial charge in [0, 0.05) is 36.9 Å². The zero-order valence-corrected chi connectivity index (χ0v) is 9.36. The number of aromatic nitrogens is 1. The van der Waals surface area contributed by atoms with Crippen LogP contribution in [0.25, 0.3) is 0 Å². The fourth-order valence-corrected chi connectivity index (χ4v) is 2.75. The Bertz CT molecular complexity index is 346. The van der Waals surface area contributed by atoms with Crippen molar-refractivity contribution in [3.8, 4) is 0 Å². The summed E-state index contributed by atoms with van der Waals surface area (Å²) in [5.41, 5.74) is 2.48. The van der Waals surface area contributed by atoms with Crippen molar-refractivity contribution < 1.29 is 4.79 Å². The SMILES string of the molecule is CCc1nsc2c1CN(C(C)=O)CC2. The number of hydrogen-bond donors (Lipinski definition) is 0. The first-order chi connectivity index (χ1) is 6.72. The van der Waals surface area contributed by atoms with E-state index in [0.29, 0.717) is 0 Å². The molecule has 0 aromatic carbocycles. The van der Waals surface area contributed by atoms with E-state index >= 15 is 0 Å². The molecule has 1 aromatic rings. The van der Waals surface area contributed by atoms with Crippen molar-refractivity contribution in [1.82, 2.24) is 9.27 Å². The van der Waals surface area contributed by atoms with Gasteiger partial charge in [-0.25, -0.2) is 0 Å². The second-order valence-corrected chi connectivity index (χ2v) is 4.43. The molecule has 14 heavy (non-hydrogen) atoms. The van der Waals surface area contributed by atoms with Crippen molar-refractivity contribution in [3.05, 3.63) is 16.1 Å². The third-order valence-electron chi connectivity index (χ3n) is 2.69. The van der Waals surface area contributed by atoms with Gasteiger partial charge in [-0.05, 0) is 18.0 Å². The van der Waals surface area contributed by atoms with Gasteiger partial charge in [0.05, 0.1) is 5.69 Å². The average Bonchev–Trinajstić information content (AvgIpc) is 2.59. The van der Waals surface area contributed by atoms with Crippen LogP contribution in [-0.4, -0.2) is 21.7 Å². The van der Waals surface area contributed by atoms with E-state index in [1.807, 2.05) is 4.90 Å². The van der Waals surface area contributed by atoms with Gasteiger partial charge in [0.1, 0.15) is 0 Å². The Morgan fingerprint density at radius 3 is 3.07 bits per heavy atom. The lowest BCUT2D eigenvalue weighted by Crippen LogP contribution is -2.33. The minimum absolute atomic E-state index is 0.170. The van der Waals surface area contributed by atoms with Crippen LogP contribution in [0.2, 0.25) is 0 Å². The summed E-state index contributed by atoms with van der Waals surface area (Å²) in [6.07, 6.45) is 1.95. The lowest BCUT2D eigenvalue weighted by atomic mass is 10.1. The smallest absolute Gasteiger partial charge is 0.219 e. The Hall–Kier alpha value is -0.900. The van der Waals surface area contributed by atoms with E-state index < -0.39 is 0 Å². The number of aryl methyl sites for hydroxylation is 1. The molecule has 0 N–H and O–H groups in total. The van der Waals surface area contributed by atoms with Crippen LogP contribution in [0.4, 0.5) is 0 Å². The van der Waals surface area contributed by atoms with E-state index in [0.717, 1.165) is 25.9 Å². The number of amides is 1. The summed E-state index contributed by atoms with van der Waals surface area (Å²) >= 11 is 1.60. The maximum atomic E-state index is 11.2. The molecule has 0 bridgehead atoms. The van der Waals surface area contributed by atoms with Crippen molar-refractivity contribution >= 4 is 17.4 Å². The number of rotatable bonds is 1. The largest absolute Gasteiger partial charge is 0.338 e. The minimum atomic E-state index is 0.170. The number of hydrogen-bond acceptors (Lipinski definition) is 3. The first-order valence-electron chi connectivity index (χ1n) is 4.94. The Labute approximate surface area is 87.9 Å². The fraction of sp³-hybridized carbons (Fsp3) is 0.600. The zero-order chi connectivity index (χ0) is 10.1. The predicted molar refractivity (Wildman–Crippen MR) is 56.3 cm³/mol. The van der Waals surface area contributed by atoms with Crippen molar-refractivity contribution in [2.75, 3.05) is 6.54 Å². The highest BCUT2D eigenvalue weighted by Gasteiger charge is 2.22. The molecule has 0 saturated heterocycles. The third-order valence-corrected chi connectivity index (χ3v) is 3.67. The van der Waals surface area contributed by atoms with Crippen LogP contribution >= 0.6 is 11.5 Å². The maximum absolute atomic E-state index is 11.2. The van der Waals surface area contributed by atoms with Gasteiger partial charge >= 0.3 is 0 Å². The summed E-state index contributed by atoms with van der Waals surface area (Å²) in [5, 5.41) is 0. The first kappa shape index (κ1) is 9.65. The molecule has 0 fully saturated rings. The molecule has 1 aromatic heterocycles. The molecule has 3 nitrogen and oxygen atoms in total. The quantitative estimate of drug-likeness (QED) is 0.705. The van der Waals surface area contributed by atoms with Gasteiger partial charge in [-0.3, -0.25) is 4.79 Å². The van der Waals surface area contributed by atoms with Gasteiger partial charge in [0.2, 0.25) is 5.91 Å². The van der Waals surface area contributed by atoms with Crippen LogP contribution < -0.4 is 0 Å². The van der Waals surface area contributed by atoms with E-state index in [9.17, 15) is 4.79 Å². The molecule has 1 aliphatic rings. The van der Waals surface area contributed by atoms with Gasteiger partial charge in [-0.15, -0.1) is 0 Å². The average molecular weight is 210 g/mol. The second-order valence-electron chi connectivity index (χ2n) is 3.58. The lowest BCUT2D eigenvalue weighted by molar-refractivity contribution is -0.129. The molecule has 0 aliphatic carbocycles. The van der Waals surface area contributed by atoms with Crippen LogP contribution in [0, 0.1) is 0 Å². The highest BCUT2D eigenvalue weighted by atomic mass is 32.1. The van der Waals surface area contributed by atoms with Gasteiger partial charge in [-0.2, -0.15) is 4.37 Å². The standard InChI is InChI=1S/C10H14N2OS/c1-3-9-8-6-12(7(2)13)5-4-10(8)14-11-9/h3-6H2,1-2H3. The Morgan fingerprint density at radius 1 is 1.64 bits per heavy atom. The Morgan fingerprint density at radius 2 is 2.43 bits per heavy atom. The monoisotopic (exact) mass is 210 g/mol. The van der Waals surface area contributed by atoms with Crippen LogP contribution in [-0.2, 0) is 24.2 Å². The number of carbonyl (C=O) groups is 1. The van der Waals surface area contributed by atoms with E-state index in [4.69, 9.17) is 0 Å². The van der Waals surface area contributed by atoms with Gasteiger partial charge in [0.15, 0.2) is 0 Å². The van der Waals surface area contributed by atoms with Crippen LogP contribution in [0.1, 0.15) is 30.0 Å². The lowest BCUT2D eigenvalue weighted by Gasteiger charge is -2.25. The molecular formula is C10H14N2OS. The summed E-state index contributed by atoms with van der Waals surface area (Å²) in [7, 11) is 0. The maximum Gasteiger partial charge on any atom is 0.219 e. The molecule has 0 atom stereocenters. The third kappa shape index (κ3) is 1.54. The molecule has 0 unspecified atom stereocenters. The van der Waals surface area contributed by atoms with Crippen molar-refractivity contribution in [2.24, 2.45) is 0 Å². The number of nitrogens with zero attached hydrogens (tertiary/aromatic N) is 2. The van der Waals surface area contributed by atoms with Crippen molar-refractivity contribution in [2.45, 2.75) is 33.2 Å². The van der Waals surface area contributed by atoms with Crippen molar-refractivity contribution in [1.29, 1.82) is 0 Å². The predicted octanol–water partition coefficient (Wildman–Crippen LogP) is 1.61. The highest BCUT2D eigenvalue weighted by molar-refractivity contribution is 7.06. The molecule has 0 radical (unpaired) electrons. The van der Waals surface area contributed by atoms with Crippen LogP contribution in [0.15, 0.2) is 0 Å². The first-order valence-corrected chi connectivity index (χ1v) is 5.71. The number of carbonyl (C=O) groups excluding carboxylic acids is 1. The molecule has 1 amide bonds. The molecule has 1 aliphatic heterocycles. The summed E-state index contributed by atoms with van der Waals surface area (Å²) in [5.74, 6) is 0.170. The molecule has 76 valence electrons.